The number of carbonyl (C=O) groups is 1. The normalized spacial score (nSPS) is 17.5. The van der Waals surface area contributed by atoms with Gasteiger partial charge in [0.05, 0.1) is 18.1 Å². The highest BCUT2D eigenvalue weighted by Gasteiger charge is 2.42. The molecule has 4 heteroatoms. The van der Waals surface area contributed by atoms with Crippen LogP contribution in [0.3, 0.4) is 0 Å². The maximum absolute atomic E-state index is 13.4. The Morgan fingerprint density at radius 2 is 1.77 bits per heavy atom. The average molecular weight is 355 g/mol. The van der Waals surface area contributed by atoms with E-state index >= 15 is 0 Å². The highest BCUT2D eigenvalue weighted by Crippen LogP contribution is 2.41. The second-order valence-electron chi connectivity index (χ2n) is 7.22. The standard InChI is InChI=1S/C22H26FNO2/c1-16-7-3-4-8-19(16)22(13-5-2-6-14-22)21(26)24-20(15-25)17-9-11-18(23)12-10-17/h3-4,7-12,20,25H,2,5-6,13-15H2,1H3,(H,24,26). The van der Waals surface area contributed by atoms with Crippen molar-refractivity contribution in [3.05, 3.63) is 71.0 Å². The van der Waals surface area contributed by atoms with Crippen molar-refractivity contribution in [3.63, 3.8) is 0 Å². The van der Waals surface area contributed by atoms with Crippen LogP contribution in [0.15, 0.2) is 48.5 Å². The number of carbonyl (C=O) groups excluding carboxylic acids is 1. The molecular weight excluding hydrogens is 329 g/mol. The van der Waals surface area contributed by atoms with Gasteiger partial charge in [0.1, 0.15) is 5.82 Å². The zero-order valence-electron chi connectivity index (χ0n) is 15.2. The molecule has 2 aromatic rings. The summed E-state index contributed by atoms with van der Waals surface area (Å²) < 4.78 is 13.2. The molecule has 1 atom stereocenters. The molecule has 1 amide bonds. The van der Waals surface area contributed by atoms with E-state index in [-0.39, 0.29) is 18.3 Å². The van der Waals surface area contributed by atoms with E-state index in [1.807, 2.05) is 31.2 Å². The van der Waals surface area contributed by atoms with Crippen LogP contribution in [-0.4, -0.2) is 17.6 Å². The van der Waals surface area contributed by atoms with E-state index in [0.717, 1.165) is 43.2 Å². The fraction of sp³-hybridized carbons (Fsp3) is 0.409. The number of nitrogens with one attached hydrogen (secondary N) is 1. The molecule has 1 unspecified atom stereocenters. The lowest BCUT2D eigenvalue weighted by Crippen LogP contribution is -2.48. The predicted molar refractivity (Wildman–Crippen MR) is 100 cm³/mol. The molecule has 2 aromatic carbocycles. The maximum atomic E-state index is 13.4. The van der Waals surface area contributed by atoms with Crippen molar-refractivity contribution in [1.29, 1.82) is 0 Å². The molecular formula is C22H26FNO2. The van der Waals surface area contributed by atoms with Gasteiger partial charge in [-0.05, 0) is 48.6 Å². The largest absolute Gasteiger partial charge is 0.394 e. The zero-order chi connectivity index (χ0) is 18.6. The number of benzene rings is 2. The van der Waals surface area contributed by atoms with Crippen LogP contribution < -0.4 is 5.32 Å². The van der Waals surface area contributed by atoms with Gasteiger partial charge in [-0.15, -0.1) is 0 Å². The van der Waals surface area contributed by atoms with Crippen molar-refractivity contribution < 1.29 is 14.3 Å². The second kappa shape index (κ2) is 8.00. The van der Waals surface area contributed by atoms with Crippen LogP contribution >= 0.6 is 0 Å². The molecule has 0 radical (unpaired) electrons. The van der Waals surface area contributed by atoms with E-state index in [2.05, 4.69) is 5.32 Å². The van der Waals surface area contributed by atoms with Gasteiger partial charge >= 0.3 is 0 Å². The lowest BCUT2D eigenvalue weighted by molar-refractivity contribution is -0.129. The van der Waals surface area contributed by atoms with E-state index < -0.39 is 11.5 Å². The summed E-state index contributed by atoms with van der Waals surface area (Å²) in [6.07, 6.45) is 4.79. The Labute approximate surface area is 154 Å². The molecule has 3 rings (SSSR count). The Bertz CT molecular complexity index is 751. The van der Waals surface area contributed by atoms with E-state index in [1.165, 1.54) is 12.1 Å². The highest BCUT2D eigenvalue weighted by atomic mass is 19.1. The maximum Gasteiger partial charge on any atom is 0.231 e. The smallest absolute Gasteiger partial charge is 0.231 e. The van der Waals surface area contributed by atoms with Crippen LogP contribution in [-0.2, 0) is 10.2 Å². The first-order chi connectivity index (χ1) is 12.6. The molecule has 1 fully saturated rings. The molecule has 0 saturated heterocycles. The lowest BCUT2D eigenvalue weighted by atomic mass is 9.67. The topological polar surface area (TPSA) is 49.3 Å². The van der Waals surface area contributed by atoms with Gasteiger partial charge in [0.25, 0.3) is 0 Å². The highest BCUT2D eigenvalue weighted by molar-refractivity contribution is 5.89. The van der Waals surface area contributed by atoms with Crippen LogP contribution in [0.5, 0.6) is 0 Å². The monoisotopic (exact) mass is 355 g/mol. The van der Waals surface area contributed by atoms with Gasteiger partial charge < -0.3 is 10.4 Å². The van der Waals surface area contributed by atoms with Gasteiger partial charge in [0.2, 0.25) is 5.91 Å². The number of hydrogen-bond acceptors (Lipinski definition) is 2. The average Bonchev–Trinajstić information content (AvgIpc) is 2.67. The van der Waals surface area contributed by atoms with Crippen molar-refractivity contribution in [2.45, 2.75) is 50.5 Å². The SMILES string of the molecule is Cc1ccccc1C1(C(=O)NC(CO)c2ccc(F)cc2)CCCCC1. The minimum Gasteiger partial charge on any atom is -0.394 e. The number of hydrogen-bond donors (Lipinski definition) is 2. The van der Waals surface area contributed by atoms with Crippen molar-refractivity contribution in [2.75, 3.05) is 6.61 Å². The summed E-state index contributed by atoms with van der Waals surface area (Å²) in [6, 6.07) is 13.4. The van der Waals surface area contributed by atoms with Crippen LogP contribution in [0, 0.1) is 12.7 Å². The Balaban J connectivity index is 1.90. The molecule has 138 valence electrons. The van der Waals surface area contributed by atoms with Gasteiger partial charge in [0, 0.05) is 0 Å². The summed E-state index contributed by atoms with van der Waals surface area (Å²) in [4.78, 5) is 13.4. The minimum absolute atomic E-state index is 0.0464. The molecule has 1 aliphatic rings. The molecule has 0 aromatic heterocycles. The quantitative estimate of drug-likeness (QED) is 0.845. The number of rotatable bonds is 5. The Hall–Kier alpha value is -2.20. The summed E-state index contributed by atoms with van der Waals surface area (Å²) in [5, 5.41) is 12.8. The summed E-state index contributed by atoms with van der Waals surface area (Å²) in [7, 11) is 0. The Kier molecular flexibility index (Phi) is 5.72. The third-order valence-electron chi connectivity index (χ3n) is 5.56. The number of aliphatic hydroxyl groups excluding tert-OH is 1. The van der Waals surface area contributed by atoms with Crippen LogP contribution in [0.2, 0.25) is 0 Å². The first kappa shape index (κ1) is 18.6. The molecule has 1 saturated carbocycles. The Morgan fingerprint density at radius 1 is 1.12 bits per heavy atom. The van der Waals surface area contributed by atoms with Crippen LogP contribution in [0.1, 0.15) is 54.8 Å². The first-order valence-electron chi connectivity index (χ1n) is 9.30. The zero-order valence-corrected chi connectivity index (χ0v) is 15.2. The molecule has 0 aliphatic heterocycles. The molecule has 0 heterocycles. The fourth-order valence-electron chi connectivity index (χ4n) is 4.11. The number of aryl methyl sites for hydroxylation is 1. The van der Waals surface area contributed by atoms with E-state index in [0.29, 0.717) is 5.56 Å². The van der Waals surface area contributed by atoms with E-state index in [9.17, 15) is 14.3 Å². The van der Waals surface area contributed by atoms with Gasteiger partial charge in [-0.3, -0.25) is 4.79 Å². The lowest BCUT2D eigenvalue weighted by Gasteiger charge is -2.38. The number of amides is 1. The van der Waals surface area contributed by atoms with Gasteiger partial charge in [-0.25, -0.2) is 4.39 Å². The van der Waals surface area contributed by atoms with Gasteiger partial charge in [-0.2, -0.15) is 0 Å². The predicted octanol–water partition coefficient (Wildman–Crippen LogP) is 4.19. The fourth-order valence-corrected chi connectivity index (χ4v) is 4.11. The molecule has 3 nitrogen and oxygen atoms in total. The Morgan fingerprint density at radius 3 is 2.38 bits per heavy atom. The third kappa shape index (κ3) is 3.65. The van der Waals surface area contributed by atoms with Crippen molar-refractivity contribution >= 4 is 5.91 Å². The van der Waals surface area contributed by atoms with E-state index in [1.54, 1.807) is 12.1 Å². The summed E-state index contributed by atoms with van der Waals surface area (Å²) in [5.74, 6) is -0.379. The molecule has 2 N–H and O–H groups in total. The summed E-state index contributed by atoms with van der Waals surface area (Å²) >= 11 is 0. The van der Waals surface area contributed by atoms with Crippen molar-refractivity contribution in [1.82, 2.24) is 5.32 Å². The third-order valence-corrected chi connectivity index (χ3v) is 5.56. The molecule has 0 bridgehead atoms. The number of halogens is 1. The van der Waals surface area contributed by atoms with Crippen LogP contribution in [0.4, 0.5) is 4.39 Å². The van der Waals surface area contributed by atoms with Gasteiger partial charge in [-0.1, -0.05) is 55.7 Å². The van der Waals surface area contributed by atoms with E-state index in [4.69, 9.17) is 0 Å². The molecule has 26 heavy (non-hydrogen) atoms. The first-order valence-corrected chi connectivity index (χ1v) is 9.30. The molecule has 1 aliphatic carbocycles. The summed E-state index contributed by atoms with van der Waals surface area (Å²) in [5.41, 5.74) is 2.34. The van der Waals surface area contributed by atoms with Crippen molar-refractivity contribution in [3.8, 4) is 0 Å². The van der Waals surface area contributed by atoms with Gasteiger partial charge in [0.15, 0.2) is 0 Å². The van der Waals surface area contributed by atoms with Crippen molar-refractivity contribution in [2.24, 2.45) is 0 Å². The second-order valence-corrected chi connectivity index (χ2v) is 7.22. The summed E-state index contributed by atoms with van der Waals surface area (Å²) in [6.45, 7) is 1.82. The minimum atomic E-state index is -0.558. The van der Waals surface area contributed by atoms with Crippen LogP contribution in [0.25, 0.3) is 0 Å². The molecule has 0 spiro atoms. The number of aliphatic hydroxyl groups is 1.